The summed E-state index contributed by atoms with van der Waals surface area (Å²) in [6.45, 7) is 2.35. The lowest BCUT2D eigenvalue weighted by Crippen LogP contribution is -2.41. The van der Waals surface area contributed by atoms with Gasteiger partial charge in [-0.25, -0.2) is 0 Å². The van der Waals surface area contributed by atoms with Gasteiger partial charge in [-0.15, -0.1) is 0 Å². The topological polar surface area (TPSA) is 38.3 Å². The van der Waals surface area contributed by atoms with E-state index in [1.807, 2.05) is 6.92 Å². The highest BCUT2D eigenvalue weighted by molar-refractivity contribution is 5.76. The van der Waals surface area contributed by atoms with E-state index in [1.165, 1.54) is 19.3 Å². The van der Waals surface area contributed by atoms with Gasteiger partial charge in [0.2, 0.25) is 0 Å². The highest BCUT2D eigenvalue weighted by Gasteiger charge is 2.36. The smallest absolute Gasteiger partial charge is 0.323 e. The highest BCUT2D eigenvalue weighted by Crippen LogP contribution is 2.34. The zero-order valence-corrected chi connectivity index (χ0v) is 8.79. The van der Waals surface area contributed by atoms with Crippen molar-refractivity contribution >= 4 is 5.97 Å². The van der Waals surface area contributed by atoms with E-state index in [0.717, 1.165) is 18.8 Å². The normalized spacial score (nSPS) is 32.6. The minimum Gasteiger partial charge on any atom is -0.465 e. The van der Waals surface area contributed by atoms with Crippen LogP contribution in [0.3, 0.4) is 0 Å². The van der Waals surface area contributed by atoms with Crippen molar-refractivity contribution in [1.29, 1.82) is 0 Å². The molecule has 0 aromatic rings. The molecule has 0 radical (unpaired) electrons. The van der Waals surface area contributed by atoms with Gasteiger partial charge in [0.15, 0.2) is 0 Å². The second-order valence-electron chi connectivity index (χ2n) is 4.35. The van der Waals surface area contributed by atoms with Gasteiger partial charge < -0.3 is 10.1 Å². The quantitative estimate of drug-likeness (QED) is 0.696. The summed E-state index contributed by atoms with van der Waals surface area (Å²) in [5.41, 5.74) is 0. The summed E-state index contributed by atoms with van der Waals surface area (Å²) in [5, 5.41) is 3.40. The predicted octanol–water partition coefficient (Wildman–Crippen LogP) is 1.47. The maximum Gasteiger partial charge on any atom is 0.323 e. The van der Waals surface area contributed by atoms with Gasteiger partial charge in [-0.05, 0) is 38.5 Å². The molecule has 1 heterocycles. The van der Waals surface area contributed by atoms with Gasteiger partial charge in [-0.1, -0.05) is 6.42 Å². The second kappa shape index (κ2) is 4.30. The zero-order valence-electron chi connectivity index (χ0n) is 8.79. The second-order valence-corrected chi connectivity index (χ2v) is 4.35. The van der Waals surface area contributed by atoms with Crippen molar-refractivity contribution in [3.8, 4) is 0 Å². The van der Waals surface area contributed by atoms with Gasteiger partial charge in [0, 0.05) is 6.04 Å². The van der Waals surface area contributed by atoms with Gasteiger partial charge in [0.05, 0.1) is 6.61 Å². The molecule has 2 aliphatic rings. The number of hydrogen-bond donors (Lipinski definition) is 1. The minimum atomic E-state index is -0.0608. The van der Waals surface area contributed by atoms with Crippen LogP contribution in [0.15, 0.2) is 0 Å². The lowest BCUT2D eigenvalue weighted by atomic mass is 9.79. The van der Waals surface area contributed by atoms with Crippen molar-refractivity contribution in [1.82, 2.24) is 5.32 Å². The standard InChI is InChI=1S/C11H19NO2/c1-2-14-11(13)10-7-6-9(12-10)8-4-3-5-8/h8-10,12H,2-7H2,1H3. The SMILES string of the molecule is CCOC(=O)C1CCC(C2CCC2)N1. The van der Waals surface area contributed by atoms with Gasteiger partial charge in [-0.2, -0.15) is 0 Å². The van der Waals surface area contributed by atoms with E-state index in [4.69, 9.17) is 4.74 Å². The molecule has 0 aromatic carbocycles. The number of rotatable bonds is 3. The molecule has 2 unspecified atom stereocenters. The van der Waals surface area contributed by atoms with E-state index in [2.05, 4.69) is 5.32 Å². The van der Waals surface area contributed by atoms with E-state index in [9.17, 15) is 4.79 Å². The molecule has 0 spiro atoms. The molecule has 3 nitrogen and oxygen atoms in total. The molecular weight excluding hydrogens is 178 g/mol. The van der Waals surface area contributed by atoms with Crippen LogP contribution in [0.5, 0.6) is 0 Å². The fraction of sp³-hybridized carbons (Fsp3) is 0.909. The Morgan fingerprint density at radius 1 is 1.36 bits per heavy atom. The van der Waals surface area contributed by atoms with Crippen LogP contribution in [0.2, 0.25) is 0 Å². The van der Waals surface area contributed by atoms with Crippen LogP contribution in [-0.4, -0.2) is 24.7 Å². The molecule has 2 atom stereocenters. The third kappa shape index (κ3) is 1.92. The molecular formula is C11H19NO2. The summed E-state index contributed by atoms with van der Waals surface area (Å²) in [4.78, 5) is 11.4. The molecule has 1 saturated carbocycles. The van der Waals surface area contributed by atoms with Crippen molar-refractivity contribution in [2.24, 2.45) is 5.92 Å². The van der Waals surface area contributed by atoms with Crippen LogP contribution in [0.25, 0.3) is 0 Å². The van der Waals surface area contributed by atoms with Crippen LogP contribution >= 0.6 is 0 Å². The maximum atomic E-state index is 11.4. The van der Waals surface area contributed by atoms with Crippen LogP contribution < -0.4 is 5.32 Å². The van der Waals surface area contributed by atoms with Crippen molar-refractivity contribution < 1.29 is 9.53 Å². The summed E-state index contributed by atoms with van der Waals surface area (Å²) < 4.78 is 5.00. The highest BCUT2D eigenvalue weighted by atomic mass is 16.5. The molecule has 1 aliphatic heterocycles. The summed E-state index contributed by atoms with van der Waals surface area (Å²) in [5.74, 6) is 0.767. The summed E-state index contributed by atoms with van der Waals surface area (Å²) in [6.07, 6.45) is 6.15. The monoisotopic (exact) mass is 197 g/mol. The van der Waals surface area contributed by atoms with Crippen LogP contribution in [0.1, 0.15) is 39.0 Å². The Balaban J connectivity index is 1.78. The Morgan fingerprint density at radius 2 is 2.14 bits per heavy atom. The molecule has 3 heteroatoms. The zero-order chi connectivity index (χ0) is 9.97. The molecule has 0 bridgehead atoms. The minimum absolute atomic E-state index is 0.0273. The van der Waals surface area contributed by atoms with E-state index in [1.54, 1.807) is 0 Å². The molecule has 2 rings (SSSR count). The Morgan fingerprint density at radius 3 is 2.71 bits per heavy atom. The molecule has 2 fully saturated rings. The summed E-state index contributed by atoms with van der Waals surface area (Å²) >= 11 is 0. The van der Waals surface area contributed by atoms with Crippen LogP contribution in [-0.2, 0) is 9.53 Å². The number of nitrogens with one attached hydrogen (secondary N) is 1. The molecule has 1 N–H and O–H groups in total. The summed E-state index contributed by atoms with van der Waals surface area (Å²) in [7, 11) is 0. The maximum absolute atomic E-state index is 11.4. The molecule has 1 saturated heterocycles. The number of carbonyl (C=O) groups excluding carboxylic acids is 1. The number of ether oxygens (including phenoxy) is 1. The van der Waals surface area contributed by atoms with Crippen LogP contribution in [0.4, 0.5) is 0 Å². The molecule has 80 valence electrons. The Bertz CT molecular complexity index is 213. The number of hydrogen-bond acceptors (Lipinski definition) is 3. The van der Waals surface area contributed by atoms with E-state index >= 15 is 0 Å². The predicted molar refractivity (Wildman–Crippen MR) is 53.9 cm³/mol. The molecule has 0 aromatic heterocycles. The first-order valence-corrected chi connectivity index (χ1v) is 5.74. The summed E-state index contributed by atoms with van der Waals surface area (Å²) in [6, 6.07) is 0.554. The lowest BCUT2D eigenvalue weighted by Gasteiger charge is -2.31. The van der Waals surface area contributed by atoms with Gasteiger partial charge in [0.1, 0.15) is 6.04 Å². The van der Waals surface area contributed by atoms with Crippen molar-refractivity contribution in [2.45, 2.75) is 51.1 Å². The Labute approximate surface area is 85.2 Å². The fourth-order valence-corrected chi connectivity index (χ4v) is 2.41. The van der Waals surface area contributed by atoms with Gasteiger partial charge >= 0.3 is 5.97 Å². The van der Waals surface area contributed by atoms with Crippen molar-refractivity contribution in [3.63, 3.8) is 0 Å². The molecule has 0 amide bonds. The average Bonchev–Trinajstić information content (AvgIpc) is 2.50. The van der Waals surface area contributed by atoms with Crippen molar-refractivity contribution in [2.75, 3.05) is 6.61 Å². The van der Waals surface area contributed by atoms with E-state index in [0.29, 0.717) is 12.6 Å². The first-order chi connectivity index (χ1) is 6.81. The third-order valence-corrected chi connectivity index (χ3v) is 3.47. The fourth-order valence-electron chi connectivity index (χ4n) is 2.41. The average molecular weight is 197 g/mol. The first-order valence-electron chi connectivity index (χ1n) is 5.74. The number of esters is 1. The molecule has 14 heavy (non-hydrogen) atoms. The lowest BCUT2D eigenvalue weighted by molar-refractivity contribution is -0.145. The third-order valence-electron chi connectivity index (χ3n) is 3.47. The molecule has 1 aliphatic carbocycles. The Kier molecular flexibility index (Phi) is 3.06. The van der Waals surface area contributed by atoms with E-state index in [-0.39, 0.29) is 12.0 Å². The van der Waals surface area contributed by atoms with Gasteiger partial charge in [-0.3, -0.25) is 4.79 Å². The Hall–Kier alpha value is -0.570. The largest absolute Gasteiger partial charge is 0.465 e. The van der Waals surface area contributed by atoms with Gasteiger partial charge in [0.25, 0.3) is 0 Å². The number of carbonyl (C=O) groups is 1. The van der Waals surface area contributed by atoms with Crippen molar-refractivity contribution in [3.05, 3.63) is 0 Å². The first kappa shape index (κ1) is 9.97. The van der Waals surface area contributed by atoms with E-state index < -0.39 is 0 Å². The van der Waals surface area contributed by atoms with Crippen LogP contribution in [0, 0.1) is 5.92 Å².